The molecule has 3 aliphatic rings. The van der Waals surface area contributed by atoms with E-state index in [9.17, 15) is 15.0 Å². The molecular formula is C19H30O3. The summed E-state index contributed by atoms with van der Waals surface area (Å²) >= 11 is 0. The van der Waals surface area contributed by atoms with E-state index in [-0.39, 0.29) is 29.0 Å². The van der Waals surface area contributed by atoms with Crippen molar-refractivity contribution in [2.24, 2.45) is 28.1 Å². The molecule has 2 N–H and O–H groups in total. The van der Waals surface area contributed by atoms with Gasteiger partial charge in [0, 0.05) is 12.0 Å². The van der Waals surface area contributed by atoms with Crippen molar-refractivity contribution in [3.8, 4) is 0 Å². The SMILES string of the molecule is C[C@@]1(C=O)C=C2CC[C@H]3[C@](C)(CO)C[C@H](O)C[C@]3(C)[C@H]2CC1. The van der Waals surface area contributed by atoms with Gasteiger partial charge in [-0.25, -0.2) is 0 Å². The van der Waals surface area contributed by atoms with Gasteiger partial charge < -0.3 is 15.0 Å². The van der Waals surface area contributed by atoms with Gasteiger partial charge in [0.05, 0.1) is 6.10 Å². The van der Waals surface area contributed by atoms with Crippen LogP contribution in [0.2, 0.25) is 0 Å². The summed E-state index contributed by atoms with van der Waals surface area (Å²) in [7, 11) is 0. The number of rotatable bonds is 2. The molecule has 0 radical (unpaired) electrons. The van der Waals surface area contributed by atoms with Gasteiger partial charge in [0.1, 0.15) is 6.29 Å². The smallest absolute Gasteiger partial charge is 0.129 e. The van der Waals surface area contributed by atoms with E-state index in [1.807, 2.05) is 6.92 Å². The molecule has 0 spiro atoms. The maximum atomic E-state index is 11.4. The zero-order valence-corrected chi connectivity index (χ0v) is 14.1. The summed E-state index contributed by atoms with van der Waals surface area (Å²) < 4.78 is 0. The Balaban J connectivity index is 1.99. The van der Waals surface area contributed by atoms with Crippen LogP contribution in [-0.2, 0) is 4.79 Å². The zero-order chi connectivity index (χ0) is 16.2. The predicted molar refractivity (Wildman–Crippen MR) is 86.2 cm³/mol. The summed E-state index contributed by atoms with van der Waals surface area (Å²) in [5.41, 5.74) is 0.990. The van der Waals surface area contributed by atoms with E-state index in [0.29, 0.717) is 18.3 Å². The Hall–Kier alpha value is -0.670. The molecule has 0 aliphatic heterocycles. The lowest BCUT2D eigenvalue weighted by molar-refractivity contribution is -0.133. The summed E-state index contributed by atoms with van der Waals surface area (Å²) in [4.78, 5) is 11.4. The van der Waals surface area contributed by atoms with E-state index < -0.39 is 0 Å². The molecule has 0 aromatic heterocycles. The van der Waals surface area contributed by atoms with E-state index in [0.717, 1.165) is 38.4 Å². The van der Waals surface area contributed by atoms with Crippen molar-refractivity contribution in [2.45, 2.75) is 65.4 Å². The number of hydrogen-bond donors (Lipinski definition) is 2. The van der Waals surface area contributed by atoms with Crippen LogP contribution >= 0.6 is 0 Å². The quantitative estimate of drug-likeness (QED) is 0.609. The molecule has 2 fully saturated rings. The predicted octanol–water partition coefficient (Wildman–Crippen LogP) is 3.10. The first-order valence-electron chi connectivity index (χ1n) is 8.73. The second-order valence-corrected chi connectivity index (χ2v) is 8.91. The fraction of sp³-hybridized carbons (Fsp3) is 0.842. The first kappa shape index (κ1) is 16.2. The standard InChI is InChI=1S/C19H30O3/c1-17(11-20)7-6-15-13(8-17)4-5-16-18(2,12-21)9-14(22)10-19(15,16)3/h8,11,14-16,21-22H,4-7,9-10,12H2,1-3H3/t14-,15-,16-,17-,18-,19+/m0/s1. The third-order valence-electron chi connectivity index (χ3n) is 7.10. The van der Waals surface area contributed by atoms with Gasteiger partial charge in [0.25, 0.3) is 0 Å². The lowest BCUT2D eigenvalue weighted by atomic mass is 9.45. The summed E-state index contributed by atoms with van der Waals surface area (Å²) in [5.74, 6) is 0.913. The van der Waals surface area contributed by atoms with Crippen molar-refractivity contribution in [1.29, 1.82) is 0 Å². The van der Waals surface area contributed by atoms with Gasteiger partial charge in [0.15, 0.2) is 0 Å². The van der Waals surface area contributed by atoms with Crippen LogP contribution in [0.4, 0.5) is 0 Å². The Morgan fingerprint density at radius 2 is 2.00 bits per heavy atom. The Kier molecular flexibility index (Phi) is 3.81. The number of hydrogen-bond acceptors (Lipinski definition) is 3. The molecule has 3 rings (SSSR count). The molecule has 22 heavy (non-hydrogen) atoms. The van der Waals surface area contributed by atoms with Crippen LogP contribution in [0.3, 0.4) is 0 Å². The molecular weight excluding hydrogens is 276 g/mol. The van der Waals surface area contributed by atoms with E-state index >= 15 is 0 Å². The summed E-state index contributed by atoms with van der Waals surface area (Å²) in [6.45, 7) is 6.65. The molecule has 124 valence electrons. The molecule has 3 heteroatoms. The highest BCUT2D eigenvalue weighted by Gasteiger charge is 2.57. The maximum absolute atomic E-state index is 11.4. The lowest BCUT2D eigenvalue weighted by Crippen LogP contribution is -2.56. The maximum Gasteiger partial charge on any atom is 0.129 e. The monoisotopic (exact) mass is 306 g/mol. The fourth-order valence-electron chi connectivity index (χ4n) is 6.08. The van der Waals surface area contributed by atoms with Crippen LogP contribution in [0.15, 0.2) is 11.6 Å². The van der Waals surface area contributed by atoms with Crippen molar-refractivity contribution in [3.63, 3.8) is 0 Å². The second-order valence-electron chi connectivity index (χ2n) is 8.91. The van der Waals surface area contributed by atoms with Gasteiger partial charge in [-0.1, -0.05) is 25.5 Å². The topological polar surface area (TPSA) is 57.5 Å². The average Bonchev–Trinajstić information content (AvgIpc) is 2.45. The first-order chi connectivity index (χ1) is 10.3. The summed E-state index contributed by atoms with van der Waals surface area (Å²) in [6, 6.07) is 0. The number of carbonyl (C=O) groups is 1. The molecule has 0 saturated heterocycles. The lowest BCUT2D eigenvalue weighted by Gasteiger charge is -2.60. The van der Waals surface area contributed by atoms with E-state index in [1.165, 1.54) is 5.57 Å². The minimum absolute atomic E-state index is 0.0451. The minimum atomic E-state index is -0.322. The summed E-state index contributed by atoms with van der Waals surface area (Å²) in [6.07, 6.45) is 8.57. The molecule has 3 nitrogen and oxygen atoms in total. The van der Waals surface area contributed by atoms with Crippen LogP contribution in [0.1, 0.15) is 59.3 Å². The molecule has 0 unspecified atom stereocenters. The molecule has 6 atom stereocenters. The first-order valence-corrected chi connectivity index (χ1v) is 8.73. The van der Waals surface area contributed by atoms with Crippen molar-refractivity contribution in [2.75, 3.05) is 6.61 Å². The molecule has 0 bridgehead atoms. The van der Waals surface area contributed by atoms with Crippen LogP contribution in [0.25, 0.3) is 0 Å². The van der Waals surface area contributed by atoms with Crippen molar-refractivity contribution in [1.82, 2.24) is 0 Å². The Bertz CT molecular complexity index is 499. The van der Waals surface area contributed by atoms with Gasteiger partial charge in [0.2, 0.25) is 0 Å². The zero-order valence-electron chi connectivity index (χ0n) is 14.1. The molecule has 0 amide bonds. The van der Waals surface area contributed by atoms with Gasteiger partial charge in [-0.2, -0.15) is 0 Å². The van der Waals surface area contributed by atoms with E-state index in [2.05, 4.69) is 19.9 Å². The average molecular weight is 306 g/mol. The number of aliphatic hydroxyl groups is 2. The van der Waals surface area contributed by atoms with Crippen LogP contribution < -0.4 is 0 Å². The highest BCUT2D eigenvalue weighted by atomic mass is 16.3. The molecule has 0 aromatic carbocycles. The van der Waals surface area contributed by atoms with E-state index in [1.54, 1.807) is 0 Å². The second kappa shape index (κ2) is 5.17. The van der Waals surface area contributed by atoms with Crippen molar-refractivity contribution < 1.29 is 15.0 Å². The third-order valence-corrected chi connectivity index (χ3v) is 7.10. The Morgan fingerprint density at radius 3 is 2.64 bits per heavy atom. The van der Waals surface area contributed by atoms with Crippen LogP contribution in [0.5, 0.6) is 0 Å². The number of fused-ring (bicyclic) bond motifs is 3. The number of aldehydes is 1. The fourth-order valence-corrected chi connectivity index (χ4v) is 6.08. The summed E-state index contributed by atoms with van der Waals surface area (Å²) in [5, 5.41) is 20.4. The molecule has 0 aromatic rings. The normalized spacial score (nSPS) is 51.5. The Labute approximate surface area is 133 Å². The Morgan fingerprint density at radius 1 is 1.27 bits per heavy atom. The van der Waals surface area contributed by atoms with Gasteiger partial charge in [-0.3, -0.25) is 0 Å². The third kappa shape index (κ3) is 2.28. The highest BCUT2D eigenvalue weighted by Crippen LogP contribution is 2.63. The largest absolute Gasteiger partial charge is 0.396 e. The number of carbonyl (C=O) groups excluding carboxylic acids is 1. The van der Waals surface area contributed by atoms with Gasteiger partial charge in [-0.05, 0) is 68.1 Å². The van der Waals surface area contributed by atoms with Gasteiger partial charge in [-0.15, -0.1) is 0 Å². The van der Waals surface area contributed by atoms with Gasteiger partial charge >= 0.3 is 0 Å². The van der Waals surface area contributed by atoms with Crippen LogP contribution in [0, 0.1) is 28.1 Å². The number of allylic oxidation sites excluding steroid dienone is 2. The van der Waals surface area contributed by atoms with Crippen molar-refractivity contribution in [3.05, 3.63) is 11.6 Å². The molecule has 3 aliphatic carbocycles. The van der Waals surface area contributed by atoms with Crippen LogP contribution in [-0.4, -0.2) is 29.2 Å². The minimum Gasteiger partial charge on any atom is -0.396 e. The molecule has 0 heterocycles. The molecule has 2 saturated carbocycles. The van der Waals surface area contributed by atoms with Crippen molar-refractivity contribution >= 4 is 6.29 Å². The highest BCUT2D eigenvalue weighted by molar-refractivity contribution is 5.63. The number of aliphatic hydroxyl groups excluding tert-OH is 2. The van der Waals surface area contributed by atoms with E-state index in [4.69, 9.17) is 0 Å².